The van der Waals surface area contributed by atoms with Crippen molar-refractivity contribution in [1.82, 2.24) is 0 Å². The Hall–Kier alpha value is -1.11. The molecule has 0 aliphatic carbocycles. The fourth-order valence-corrected chi connectivity index (χ4v) is 2.03. The first kappa shape index (κ1) is 12.0. The van der Waals surface area contributed by atoms with E-state index in [9.17, 15) is 22.8 Å². The molecule has 1 heterocycles. The van der Waals surface area contributed by atoms with Crippen molar-refractivity contribution < 1.29 is 27.2 Å². The third-order valence-electron chi connectivity index (χ3n) is 2.88. The second kappa shape index (κ2) is 3.48. The van der Waals surface area contributed by atoms with Gasteiger partial charge in [-0.3, -0.25) is 0 Å². The Morgan fingerprint density at radius 2 is 1.93 bits per heavy atom. The highest BCUT2D eigenvalue weighted by Crippen LogP contribution is 2.33. The summed E-state index contributed by atoms with van der Waals surface area (Å²) in [5, 5.41) is 0. The lowest BCUT2D eigenvalue weighted by atomic mass is 10.2. The lowest BCUT2D eigenvalue weighted by Gasteiger charge is -2.31. The van der Waals surface area contributed by atoms with E-state index in [1.54, 1.807) is 0 Å². The Bertz CT molecular complexity index is 303. The maximum absolute atomic E-state index is 12.3. The minimum absolute atomic E-state index is 0.158. The summed E-state index contributed by atoms with van der Waals surface area (Å²) < 4.78 is 35.6. The number of nitrogens with zero attached hydrogens (tertiary/aromatic N) is 1. The van der Waals surface area contributed by atoms with Gasteiger partial charge < -0.3 is 5.73 Å². The van der Waals surface area contributed by atoms with Gasteiger partial charge >= 0.3 is 18.1 Å². The van der Waals surface area contributed by atoms with Crippen LogP contribution in [-0.4, -0.2) is 35.2 Å². The van der Waals surface area contributed by atoms with Gasteiger partial charge in [0.15, 0.2) is 0 Å². The van der Waals surface area contributed by atoms with E-state index < -0.39 is 28.6 Å². The average molecular weight is 225 g/mol. The maximum atomic E-state index is 12.3. The second-order valence-corrected chi connectivity index (χ2v) is 3.72. The molecule has 0 saturated carbocycles. The van der Waals surface area contributed by atoms with Crippen LogP contribution in [0.15, 0.2) is 0 Å². The number of rotatable bonds is 0. The van der Waals surface area contributed by atoms with Crippen molar-refractivity contribution in [3.8, 4) is 0 Å². The van der Waals surface area contributed by atoms with E-state index in [1.165, 1.54) is 6.92 Å². The highest BCUT2D eigenvalue weighted by Gasteiger charge is 2.62. The van der Waals surface area contributed by atoms with Crippen LogP contribution in [0.1, 0.15) is 19.8 Å². The minimum Gasteiger partial charge on any atom is -0.318 e. The van der Waals surface area contributed by atoms with E-state index in [1.807, 2.05) is 0 Å². The SMILES string of the molecule is C[C@@H]1CCC[N+]1(C(N)=O)C(=O)C(F)(F)F. The minimum atomic E-state index is -5.02. The molecule has 1 fully saturated rings. The summed E-state index contributed by atoms with van der Waals surface area (Å²) in [6, 6.07) is -1.92. The topological polar surface area (TPSA) is 60.2 Å². The summed E-state index contributed by atoms with van der Waals surface area (Å²) in [4.78, 5) is 22.3. The average Bonchev–Trinajstić information content (AvgIpc) is 2.45. The van der Waals surface area contributed by atoms with E-state index in [0.29, 0.717) is 12.8 Å². The van der Waals surface area contributed by atoms with Gasteiger partial charge in [-0.25, -0.2) is 9.59 Å². The van der Waals surface area contributed by atoms with Crippen LogP contribution >= 0.6 is 0 Å². The number of likely N-dealkylation sites (tertiary alicyclic amines) is 1. The molecule has 1 aliphatic rings. The first-order valence-electron chi connectivity index (χ1n) is 4.52. The summed E-state index contributed by atoms with van der Waals surface area (Å²) in [6.45, 7) is 1.27. The quantitative estimate of drug-likeness (QED) is 0.629. The number of hydrogen-bond donors (Lipinski definition) is 1. The fraction of sp³-hybridized carbons (Fsp3) is 0.750. The standard InChI is InChI=1S/C8H11F3N2O2/c1-5-3-2-4-13(5,7(12)15)6(14)8(9,10)11/h5H,2-4H2,1H3,(H-,12,15)/p+1/t5-,13?/m1/s1. The number of nitrogens with two attached hydrogens (primary N) is 1. The molecule has 7 heteroatoms. The lowest BCUT2D eigenvalue weighted by molar-refractivity contribution is -0.789. The summed E-state index contributed by atoms with van der Waals surface area (Å²) in [5.41, 5.74) is 4.93. The molecule has 86 valence electrons. The number of imide groups is 1. The molecule has 1 rings (SSSR count). The highest BCUT2D eigenvalue weighted by molar-refractivity contribution is 5.86. The lowest BCUT2D eigenvalue weighted by Crippen LogP contribution is -2.65. The molecule has 0 aromatic rings. The van der Waals surface area contributed by atoms with Gasteiger partial charge in [0.1, 0.15) is 6.04 Å². The van der Waals surface area contributed by atoms with Crippen LogP contribution in [0.25, 0.3) is 0 Å². The van der Waals surface area contributed by atoms with E-state index in [-0.39, 0.29) is 6.54 Å². The van der Waals surface area contributed by atoms with Crippen LogP contribution in [0.4, 0.5) is 18.0 Å². The molecule has 4 nitrogen and oxygen atoms in total. The summed E-state index contributed by atoms with van der Waals surface area (Å²) in [5.74, 6) is -2.06. The Morgan fingerprint density at radius 3 is 2.20 bits per heavy atom. The van der Waals surface area contributed by atoms with Gasteiger partial charge in [-0.1, -0.05) is 0 Å². The molecule has 0 aromatic heterocycles. The molecule has 15 heavy (non-hydrogen) atoms. The van der Waals surface area contributed by atoms with Crippen LogP contribution in [-0.2, 0) is 4.79 Å². The Balaban J connectivity index is 3.14. The zero-order chi connectivity index (χ0) is 11.9. The molecule has 0 spiro atoms. The van der Waals surface area contributed by atoms with Gasteiger partial charge in [-0.15, -0.1) is 0 Å². The number of primary amides is 1. The van der Waals surface area contributed by atoms with Crippen LogP contribution in [0.3, 0.4) is 0 Å². The summed E-state index contributed by atoms with van der Waals surface area (Å²) in [7, 11) is 0. The van der Waals surface area contributed by atoms with Crippen molar-refractivity contribution in [1.29, 1.82) is 0 Å². The Morgan fingerprint density at radius 1 is 1.40 bits per heavy atom. The molecule has 1 aliphatic heterocycles. The van der Waals surface area contributed by atoms with Crippen LogP contribution < -0.4 is 5.73 Å². The van der Waals surface area contributed by atoms with Crippen molar-refractivity contribution in [2.75, 3.05) is 6.54 Å². The molecule has 2 atom stereocenters. The van der Waals surface area contributed by atoms with Gasteiger partial charge in [0.2, 0.25) is 0 Å². The normalized spacial score (nSPS) is 31.6. The summed E-state index contributed by atoms with van der Waals surface area (Å²) in [6.07, 6.45) is -4.23. The molecule has 1 saturated heterocycles. The number of quaternary nitrogens is 1. The van der Waals surface area contributed by atoms with Crippen molar-refractivity contribution in [2.45, 2.75) is 32.0 Å². The van der Waals surface area contributed by atoms with Crippen LogP contribution in [0.5, 0.6) is 0 Å². The highest BCUT2D eigenvalue weighted by atomic mass is 19.4. The summed E-state index contributed by atoms with van der Waals surface area (Å²) >= 11 is 0. The van der Waals surface area contributed by atoms with Gasteiger partial charge in [-0.2, -0.15) is 17.7 Å². The van der Waals surface area contributed by atoms with Crippen molar-refractivity contribution in [3.63, 3.8) is 0 Å². The van der Waals surface area contributed by atoms with Crippen molar-refractivity contribution >= 4 is 11.9 Å². The predicted molar refractivity (Wildman–Crippen MR) is 44.5 cm³/mol. The predicted octanol–water partition coefficient (Wildman–Crippen LogP) is 1.15. The van der Waals surface area contributed by atoms with Crippen molar-refractivity contribution in [3.05, 3.63) is 0 Å². The number of amides is 3. The zero-order valence-electron chi connectivity index (χ0n) is 8.17. The maximum Gasteiger partial charge on any atom is 0.510 e. The number of urea groups is 1. The monoisotopic (exact) mass is 225 g/mol. The molecule has 0 bridgehead atoms. The Kier molecular flexibility index (Phi) is 2.77. The third-order valence-corrected chi connectivity index (χ3v) is 2.88. The molecular weight excluding hydrogens is 213 g/mol. The molecular formula is C8H12F3N2O2+. The number of carbonyl (C=O) groups is 2. The van der Waals surface area contributed by atoms with E-state index >= 15 is 0 Å². The fourth-order valence-electron chi connectivity index (χ4n) is 2.03. The van der Waals surface area contributed by atoms with E-state index in [2.05, 4.69) is 0 Å². The number of alkyl halides is 3. The number of carbonyl (C=O) groups excluding carboxylic acids is 2. The number of hydrogen-bond acceptors (Lipinski definition) is 2. The van der Waals surface area contributed by atoms with E-state index in [0.717, 1.165) is 0 Å². The van der Waals surface area contributed by atoms with Gasteiger partial charge in [0.25, 0.3) is 0 Å². The second-order valence-electron chi connectivity index (χ2n) is 3.72. The number of halogens is 3. The van der Waals surface area contributed by atoms with Crippen LogP contribution in [0, 0.1) is 0 Å². The molecule has 1 unspecified atom stereocenters. The van der Waals surface area contributed by atoms with Crippen molar-refractivity contribution in [2.24, 2.45) is 5.73 Å². The Labute approximate surface area is 84.4 Å². The van der Waals surface area contributed by atoms with Gasteiger partial charge in [-0.05, 0) is 6.92 Å². The van der Waals surface area contributed by atoms with Gasteiger partial charge in [0, 0.05) is 12.8 Å². The third kappa shape index (κ3) is 1.71. The smallest absolute Gasteiger partial charge is 0.318 e. The molecule has 2 N–H and O–H groups in total. The first-order chi connectivity index (χ1) is 6.73. The van der Waals surface area contributed by atoms with E-state index in [4.69, 9.17) is 5.73 Å². The molecule has 0 aromatic carbocycles. The largest absolute Gasteiger partial charge is 0.510 e. The first-order valence-corrected chi connectivity index (χ1v) is 4.52. The molecule has 0 radical (unpaired) electrons. The zero-order valence-corrected chi connectivity index (χ0v) is 8.17. The molecule has 3 amide bonds. The van der Waals surface area contributed by atoms with Gasteiger partial charge in [0.05, 0.1) is 6.54 Å². The van der Waals surface area contributed by atoms with Crippen LogP contribution in [0.2, 0.25) is 0 Å².